The van der Waals surface area contributed by atoms with Crippen molar-refractivity contribution in [3.63, 3.8) is 0 Å². The molecule has 0 aliphatic rings. The topological polar surface area (TPSA) is 105 Å². The molecule has 2 N–H and O–H groups in total. The maximum atomic E-state index is 12.2. The highest BCUT2D eigenvalue weighted by molar-refractivity contribution is 7.91. The van der Waals surface area contributed by atoms with Crippen LogP contribution in [0.15, 0.2) is 55.9 Å². The molecule has 0 radical (unpaired) electrons. The van der Waals surface area contributed by atoms with E-state index in [9.17, 15) is 18.0 Å². The van der Waals surface area contributed by atoms with Crippen LogP contribution in [-0.4, -0.2) is 21.4 Å². The van der Waals surface area contributed by atoms with Crippen LogP contribution in [0.25, 0.3) is 11.0 Å². The Morgan fingerprint density at radius 1 is 1.20 bits per heavy atom. The number of carbonyl (C=O) groups is 1. The Morgan fingerprint density at radius 2 is 1.96 bits per heavy atom. The Balaban J connectivity index is 1.77. The molecular formula is C16H14N2O5S2. The van der Waals surface area contributed by atoms with Crippen LogP contribution in [0.2, 0.25) is 0 Å². The summed E-state index contributed by atoms with van der Waals surface area (Å²) in [4.78, 5) is 24.8. The summed E-state index contributed by atoms with van der Waals surface area (Å²) in [6, 6.07) is 11.4. The highest BCUT2D eigenvalue weighted by Crippen LogP contribution is 2.21. The normalized spacial score (nSPS) is 11.6. The lowest BCUT2D eigenvalue weighted by Crippen LogP contribution is -2.27. The second-order valence-corrected chi connectivity index (χ2v) is 8.38. The third-order valence-electron chi connectivity index (χ3n) is 3.48. The lowest BCUT2D eigenvalue weighted by molar-refractivity contribution is 0.0948. The molecule has 0 bridgehead atoms. The van der Waals surface area contributed by atoms with E-state index in [0.717, 1.165) is 11.3 Å². The Kier molecular flexibility index (Phi) is 4.71. The number of fused-ring (bicyclic) bond motifs is 1. The maximum Gasteiger partial charge on any atom is 0.349 e. The molecule has 0 spiro atoms. The summed E-state index contributed by atoms with van der Waals surface area (Å²) in [6.45, 7) is 0.106. The van der Waals surface area contributed by atoms with Gasteiger partial charge in [-0.15, -0.1) is 11.3 Å². The zero-order valence-corrected chi connectivity index (χ0v) is 14.7. The van der Waals surface area contributed by atoms with E-state index in [4.69, 9.17) is 4.42 Å². The first kappa shape index (κ1) is 17.3. The number of thiophene rings is 1. The van der Waals surface area contributed by atoms with E-state index in [-0.39, 0.29) is 16.3 Å². The van der Waals surface area contributed by atoms with Crippen LogP contribution in [0.4, 0.5) is 0 Å². The number of amides is 1. The molecule has 2 aromatic heterocycles. The molecule has 2 heterocycles. The molecule has 0 aliphatic carbocycles. The van der Waals surface area contributed by atoms with Crippen molar-refractivity contribution in [1.29, 1.82) is 0 Å². The molecule has 25 heavy (non-hydrogen) atoms. The molecule has 0 saturated carbocycles. The average molecular weight is 378 g/mol. The quantitative estimate of drug-likeness (QED) is 0.657. The van der Waals surface area contributed by atoms with E-state index in [0.29, 0.717) is 15.8 Å². The molecular weight excluding hydrogens is 364 g/mol. The highest BCUT2D eigenvalue weighted by atomic mass is 32.2. The van der Waals surface area contributed by atoms with Crippen molar-refractivity contribution < 1.29 is 17.6 Å². The number of para-hydroxylation sites is 1. The zero-order chi connectivity index (χ0) is 18.0. The largest absolute Gasteiger partial charge is 0.422 e. The molecule has 3 aromatic rings. The first-order valence-corrected chi connectivity index (χ1v) is 9.54. The summed E-state index contributed by atoms with van der Waals surface area (Å²) < 4.78 is 30.9. The van der Waals surface area contributed by atoms with Gasteiger partial charge in [-0.2, -0.15) is 0 Å². The molecule has 0 aliphatic heterocycles. The van der Waals surface area contributed by atoms with Crippen molar-refractivity contribution in [2.24, 2.45) is 0 Å². The SMILES string of the molecule is CNS(=O)(=O)c1ccc(CNC(=O)c2cc3ccccc3oc2=O)s1. The number of sulfonamides is 1. The molecule has 3 rings (SSSR count). The number of nitrogens with one attached hydrogen (secondary N) is 2. The standard InChI is InChI=1S/C16H14N2O5S2/c1-17-25(21,22)14-7-6-11(24-14)9-18-15(19)12-8-10-4-2-3-5-13(10)23-16(12)20/h2-8,17H,9H2,1H3,(H,18,19). The predicted octanol–water partition coefficient (Wildman–Crippen LogP) is 1.69. The predicted molar refractivity (Wildman–Crippen MR) is 94.2 cm³/mol. The minimum absolute atomic E-state index is 0.0988. The second kappa shape index (κ2) is 6.79. The molecule has 0 atom stereocenters. The van der Waals surface area contributed by atoms with Crippen LogP contribution in [0.1, 0.15) is 15.2 Å². The molecule has 0 fully saturated rings. The summed E-state index contributed by atoms with van der Waals surface area (Å²) in [6.07, 6.45) is 0. The Labute approximate surface area is 147 Å². The van der Waals surface area contributed by atoms with Gasteiger partial charge in [0.15, 0.2) is 0 Å². The van der Waals surface area contributed by atoms with Crippen LogP contribution < -0.4 is 15.7 Å². The van der Waals surface area contributed by atoms with Gasteiger partial charge >= 0.3 is 5.63 Å². The van der Waals surface area contributed by atoms with Gasteiger partial charge in [0.25, 0.3) is 5.91 Å². The fourth-order valence-electron chi connectivity index (χ4n) is 2.18. The Hall–Kier alpha value is -2.49. The van der Waals surface area contributed by atoms with Crippen molar-refractivity contribution in [2.75, 3.05) is 7.05 Å². The lowest BCUT2D eigenvalue weighted by atomic mass is 10.2. The number of hydrogen-bond donors (Lipinski definition) is 2. The number of carbonyl (C=O) groups excluding carboxylic acids is 1. The van der Waals surface area contributed by atoms with E-state index >= 15 is 0 Å². The van der Waals surface area contributed by atoms with Gasteiger partial charge in [0.05, 0.1) is 6.54 Å². The van der Waals surface area contributed by atoms with Crippen LogP contribution in [0.3, 0.4) is 0 Å². The van der Waals surface area contributed by atoms with Crippen molar-refractivity contribution in [2.45, 2.75) is 10.8 Å². The Morgan fingerprint density at radius 3 is 2.72 bits per heavy atom. The average Bonchev–Trinajstić information content (AvgIpc) is 3.09. The van der Waals surface area contributed by atoms with Gasteiger partial charge in [-0.25, -0.2) is 17.9 Å². The highest BCUT2D eigenvalue weighted by Gasteiger charge is 2.16. The molecule has 7 nitrogen and oxygen atoms in total. The lowest BCUT2D eigenvalue weighted by Gasteiger charge is -2.04. The van der Waals surface area contributed by atoms with Gasteiger partial charge in [0.2, 0.25) is 10.0 Å². The third-order valence-corrected chi connectivity index (χ3v) is 6.47. The summed E-state index contributed by atoms with van der Waals surface area (Å²) in [7, 11) is -2.18. The van der Waals surface area contributed by atoms with Crippen LogP contribution in [-0.2, 0) is 16.6 Å². The van der Waals surface area contributed by atoms with Gasteiger partial charge in [-0.3, -0.25) is 4.79 Å². The van der Waals surface area contributed by atoms with Crippen molar-refractivity contribution in [1.82, 2.24) is 10.0 Å². The number of rotatable bonds is 5. The van der Waals surface area contributed by atoms with Gasteiger partial charge in [-0.1, -0.05) is 18.2 Å². The summed E-state index contributed by atoms with van der Waals surface area (Å²) in [5.74, 6) is -0.578. The van der Waals surface area contributed by atoms with Crippen LogP contribution in [0.5, 0.6) is 0 Å². The number of hydrogen-bond acceptors (Lipinski definition) is 6. The Bertz CT molecular complexity index is 1100. The minimum Gasteiger partial charge on any atom is -0.422 e. The van der Waals surface area contributed by atoms with Gasteiger partial charge in [0, 0.05) is 10.3 Å². The van der Waals surface area contributed by atoms with Crippen molar-refractivity contribution in [3.05, 3.63) is 63.3 Å². The molecule has 0 saturated heterocycles. The van der Waals surface area contributed by atoms with E-state index < -0.39 is 21.6 Å². The molecule has 0 unspecified atom stereocenters. The van der Waals surface area contributed by atoms with Gasteiger partial charge < -0.3 is 9.73 Å². The first-order valence-electron chi connectivity index (χ1n) is 7.24. The van der Waals surface area contributed by atoms with Gasteiger partial charge in [0.1, 0.15) is 15.4 Å². The first-order chi connectivity index (χ1) is 11.9. The molecule has 1 amide bonds. The van der Waals surface area contributed by atoms with E-state index in [1.807, 2.05) is 0 Å². The smallest absolute Gasteiger partial charge is 0.349 e. The van der Waals surface area contributed by atoms with Gasteiger partial charge in [-0.05, 0) is 31.3 Å². The summed E-state index contributed by atoms with van der Waals surface area (Å²) >= 11 is 1.04. The summed E-state index contributed by atoms with van der Waals surface area (Å²) in [5.41, 5.74) is -0.414. The van der Waals surface area contributed by atoms with Crippen LogP contribution in [0, 0.1) is 0 Å². The van der Waals surface area contributed by atoms with Crippen LogP contribution >= 0.6 is 11.3 Å². The van der Waals surface area contributed by atoms with Crippen molar-refractivity contribution >= 4 is 38.2 Å². The van der Waals surface area contributed by atoms with E-state index in [1.165, 1.54) is 19.2 Å². The fraction of sp³-hybridized carbons (Fsp3) is 0.125. The van der Waals surface area contributed by atoms with Crippen molar-refractivity contribution in [3.8, 4) is 0 Å². The maximum absolute atomic E-state index is 12.2. The van der Waals surface area contributed by atoms with E-state index in [2.05, 4.69) is 10.0 Å². The molecule has 9 heteroatoms. The monoisotopic (exact) mass is 378 g/mol. The molecule has 1 aromatic carbocycles. The second-order valence-electron chi connectivity index (χ2n) is 5.10. The zero-order valence-electron chi connectivity index (χ0n) is 13.1. The summed E-state index contributed by atoms with van der Waals surface area (Å²) in [5, 5.41) is 3.24. The van der Waals surface area contributed by atoms with E-state index in [1.54, 1.807) is 30.3 Å². The fourth-order valence-corrected chi connectivity index (χ4v) is 4.31. The minimum atomic E-state index is -3.51. The third kappa shape index (κ3) is 3.63. The molecule has 130 valence electrons. The number of benzene rings is 1.